The lowest BCUT2D eigenvalue weighted by molar-refractivity contribution is 0.0827. The van der Waals surface area contributed by atoms with Gasteiger partial charge in [-0.15, -0.1) is 0 Å². The maximum atomic E-state index is 12.1. The second-order valence-electron chi connectivity index (χ2n) is 6.35. The van der Waals surface area contributed by atoms with Crippen LogP contribution < -0.4 is 15.4 Å². The fraction of sp³-hybridized carbons (Fsp3) is 0.333. The van der Waals surface area contributed by atoms with E-state index in [1.54, 1.807) is 33.2 Å². The molecule has 1 amide bonds. The minimum absolute atomic E-state index is 0.0155. The van der Waals surface area contributed by atoms with Crippen molar-refractivity contribution in [2.75, 3.05) is 34.8 Å². The van der Waals surface area contributed by atoms with Crippen LogP contribution >= 0.6 is 0 Å². The van der Waals surface area contributed by atoms with Gasteiger partial charge in [0.25, 0.3) is 5.91 Å². The number of methoxy groups -OCH3 is 1. The van der Waals surface area contributed by atoms with Crippen LogP contribution in [-0.4, -0.2) is 51.6 Å². The van der Waals surface area contributed by atoms with E-state index in [4.69, 9.17) is 4.74 Å². The summed E-state index contributed by atoms with van der Waals surface area (Å²) in [5.74, 6) is 1.60. The van der Waals surface area contributed by atoms with Crippen LogP contribution in [0, 0.1) is 0 Å². The molecule has 27 heavy (non-hydrogen) atoms. The third-order valence-corrected chi connectivity index (χ3v) is 4.13. The third-order valence-electron chi connectivity index (χ3n) is 4.13. The number of guanidine groups is 1. The Bertz CT molecular complexity index is 770. The molecule has 0 radical (unpaired) electrons. The summed E-state index contributed by atoms with van der Waals surface area (Å²) in [4.78, 5) is 17.9. The first-order valence-electron chi connectivity index (χ1n) is 8.91. The van der Waals surface area contributed by atoms with E-state index in [2.05, 4.69) is 15.6 Å². The smallest absolute Gasteiger partial charge is 0.253 e. The zero-order valence-corrected chi connectivity index (χ0v) is 16.5. The molecule has 6 nitrogen and oxygen atoms in total. The first kappa shape index (κ1) is 20.3. The van der Waals surface area contributed by atoms with Crippen molar-refractivity contribution >= 4 is 11.9 Å². The molecule has 0 saturated heterocycles. The molecule has 144 valence electrons. The topological polar surface area (TPSA) is 66.0 Å². The lowest BCUT2D eigenvalue weighted by Crippen LogP contribution is -2.37. The predicted octanol–water partition coefficient (Wildman–Crippen LogP) is 2.30. The van der Waals surface area contributed by atoms with E-state index < -0.39 is 0 Å². The van der Waals surface area contributed by atoms with Gasteiger partial charge in [0.2, 0.25) is 0 Å². The van der Waals surface area contributed by atoms with E-state index in [1.165, 1.54) is 0 Å². The second kappa shape index (κ2) is 10.2. The highest BCUT2D eigenvalue weighted by Gasteiger charge is 2.08. The monoisotopic (exact) mass is 368 g/mol. The highest BCUT2D eigenvalue weighted by molar-refractivity contribution is 5.94. The molecule has 2 aromatic rings. The second-order valence-corrected chi connectivity index (χ2v) is 6.35. The number of amides is 1. The molecule has 2 aromatic carbocycles. The van der Waals surface area contributed by atoms with Gasteiger partial charge in [-0.05, 0) is 41.8 Å². The molecular weight excluding hydrogens is 340 g/mol. The summed E-state index contributed by atoms with van der Waals surface area (Å²) in [6.45, 7) is 1.40. The minimum atomic E-state index is 0.0155. The highest BCUT2D eigenvalue weighted by Crippen LogP contribution is 2.11. The molecule has 6 heteroatoms. The van der Waals surface area contributed by atoms with Gasteiger partial charge < -0.3 is 20.3 Å². The highest BCUT2D eigenvalue weighted by atomic mass is 16.5. The largest absolute Gasteiger partial charge is 0.497 e. The van der Waals surface area contributed by atoms with Crippen LogP contribution in [0.4, 0.5) is 0 Å². The molecule has 0 aliphatic carbocycles. The van der Waals surface area contributed by atoms with E-state index in [-0.39, 0.29) is 5.91 Å². The van der Waals surface area contributed by atoms with Gasteiger partial charge in [0.1, 0.15) is 5.75 Å². The van der Waals surface area contributed by atoms with Crippen molar-refractivity contribution in [2.24, 2.45) is 4.99 Å². The number of nitrogens with zero attached hydrogens (tertiary/aromatic N) is 2. The number of aliphatic imine (C=N–C) groups is 1. The summed E-state index contributed by atoms with van der Waals surface area (Å²) in [5.41, 5.74) is 2.97. The summed E-state index contributed by atoms with van der Waals surface area (Å²) in [6, 6.07) is 15.7. The summed E-state index contributed by atoms with van der Waals surface area (Å²) < 4.78 is 5.17. The molecule has 0 aliphatic rings. The van der Waals surface area contributed by atoms with Crippen LogP contribution in [-0.2, 0) is 13.0 Å². The van der Waals surface area contributed by atoms with Gasteiger partial charge in [-0.2, -0.15) is 0 Å². The van der Waals surface area contributed by atoms with Crippen molar-refractivity contribution in [1.82, 2.24) is 15.5 Å². The van der Waals surface area contributed by atoms with Crippen molar-refractivity contribution in [1.29, 1.82) is 0 Å². The predicted molar refractivity (Wildman–Crippen MR) is 109 cm³/mol. The molecule has 0 heterocycles. The average molecular weight is 368 g/mol. The van der Waals surface area contributed by atoms with E-state index >= 15 is 0 Å². The number of carbonyl (C=O) groups is 1. The van der Waals surface area contributed by atoms with Gasteiger partial charge in [-0.25, -0.2) is 0 Å². The van der Waals surface area contributed by atoms with E-state index in [0.717, 1.165) is 35.8 Å². The first-order valence-corrected chi connectivity index (χ1v) is 8.91. The Morgan fingerprint density at radius 1 is 1.07 bits per heavy atom. The first-order chi connectivity index (χ1) is 13.0. The number of hydrogen-bond donors (Lipinski definition) is 2. The van der Waals surface area contributed by atoms with Crippen LogP contribution in [0.25, 0.3) is 0 Å². The van der Waals surface area contributed by atoms with Crippen LogP contribution in [0.15, 0.2) is 53.5 Å². The molecule has 0 spiro atoms. The van der Waals surface area contributed by atoms with Gasteiger partial charge >= 0.3 is 0 Å². The Balaban J connectivity index is 1.82. The summed E-state index contributed by atoms with van der Waals surface area (Å²) in [5, 5.41) is 6.59. The standard InChI is InChI=1S/C21H28N4O2/c1-22-21(24-15-17-8-10-19(27-4)11-9-17)23-13-12-16-6-5-7-18(14-16)20(26)25(2)3/h5-11,14H,12-13,15H2,1-4H3,(H2,22,23,24). The van der Waals surface area contributed by atoms with Crippen LogP contribution in [0.2, 0.25) is 0 Å². The Kier molecular flexibility index (Phi) is 7.67. The Morgan fingerprint density at radius 2 is 1.81 bits per heavy atom. The Labute approximate surface area is 161 Å². The number of nitrogens with one attached hydrogen (secondary N) is 2. The Morgan fingerprint density at radius 3 is 2.44 bits per heavy atom. The van der Waals surface area contributed by atoms with Crippen molar-refractivity contribution in [3.05, 3.63) is 65.2 Å². The van der Waals surface area contributed by atoms with E-state index in [1.807, 2.05) is 48.5 Å². The van der Waals surface area contributed by atoms with Gasteiger partial charge in [0.15, 0.2) is 5.96 Å². The lowest BCUT2D eigenvalue weighted by Gasteiger charge is -2.13. The molecule has 0 fully saturated rings. The van der Waals surface area contributed by atoms with Gasteiger partial charge in [0, 0.05) is 39.8 Å². The van der Waals surface area contributed by atoms with Crippen molar-refractivity contribution in [3.63, 3.8) is 0 Å². The van der Waals surface area contributed by atoms with Gasteiger partial charge in [0.05, 0.1) is 7.11 Å². The normalized spacial score (nSPS) is 11.0. The number of hydrogen-bond acceptors (Lipinski definition) is 3. The molecule has 0 aliphatic heterocycles. The molecule has 0 atom stereocenters. The number of benzene rings is 2. The van der Waals surface area contributed by atoms with Gasteiger partial charge in [-0.1, -0.05) is 24.3 Å². The minimum Gasteiger partial charge on any atom is -0.497 e. The zero-order chi connectivity index (χ0) is 19.6. The molecule has 2 N–H and O–H groups in total. The molecule has 0 saturated carbocycles. The number of carbonyl (C=O) groups excluding carboxylic acids is 1. The molecular formula is C21H28N4O2. The van der Waals surface area contributed by atoms with E-state index in [0.29, 0.717) is 12.1 Å². The molecule has 0 unspecified atom stereocenters. The van der Waals surface area contributed by atoms with Crippen LogP contribution in [0.5, 0.6) is 5.75 Å². The maximum absolute atomic E-state index is 12.1. The summed E-state index contributed by atoms with van der Waals surface area (Å²) in [6.07, 6.45) is 0.803. The fourth-order valence-corrected chi connectivity index (χ4v) is 2.59. The number of rotatable bonds is 7. The third kappa shape index (κ3) is 6.33. The zero-order valence-electron chi connectivity index (χ0n) is 16.5. The fourth-order valence-electron chi connectivity index (χ4n) is 2.59. The number of ether oxygens (including phenoxy) is 1. The quantitative estimate of drug-likeness (QED) is 0.581. The summed E-state index contributed by atoms with van der Waals surface area (Å²) in [7, 11) is 6.93. The maximum Gasteiger partial charge on any atom is 0.253 e. The SMILES string of the molecule is CN=C(NCCc1cccc(C(=O)N(C)C)c1)NCc1ccc(OC)cc1. The van der Waals surface area contributed by atoms with Gasteiger partial charge in [-0.3, -0.25) is 9.79 Å². The van der Waals surface area contributed by atoms with Crippen LogP contribution in [0.1, 0.15) is 21.5 Å². The van der Waals surface area contributed by atoms with Crippen molar-refractivity contribution in [3.8, 4) is 5.75 Å². The van der Waals surface area contributed by atoms with Crippen LogP contribution in [0.3, 0.4) is 0 Å². The molecule has 0 bridgehead atoms. The summed E-state index contributed by atoms with van der Waals surface area (Å²) >= 11 is 0. The van der Waals surface area contributed by atoms with Crippen molar-refractivity contribution in [2.45, 2.75) is 13.0 Å². The average Bonchev–Trinajstić information content (AvgIpc) is 2.70. The molecule has 0 aromatic heterocycles. The Hall–Kier alpha value is -3.02. The molecule has 2 rings (SSSR count). The van der Waals surface area contributed by atoms with E-state index in [9.17, 15) is 4.79 Å². The van der Waals surface area contributed by atoms with Crippen molar-refractivity contribution < 1.29 is 9.53 Å². The lowest BCUT2D eigenvalue weighted by atomic mass is 10.1.